The molecule has 1 amide bonds. The molecule has 1 heterocycles. The van der Waals surface area contributed by atoms with E-state index in [-0.39, 0.29) is 5.91 Å². The lowest BCUT2D eigenvalue weighted by Crippen LogP contribution is -2.38. The summed E-state index contributed by atoms with van der Waals surface area (Å²) in [4.78, 5) is 16.0. The highest BCUT2D eigenvalue weighted by Crippen LogP contribution is 2.24. The quantitative estimate of drug-likeness (QED) is 0.794. The molecule has 1 saturated heterocycles. The Morgan fingerprint density at radius 1 is 1.08 bits per heavy atom. The highest BCUT2D eigenvalue weighted by Gasteiger charge is 2.20. The smallest absolute Gasteiger partial charge is 0.251 e. The molecule has 2 aromatic rings. The molecule has 0 spiro atoms. The van der Waals surface area contributed by atoms with Crippen molar-refractivity contribution in [3.8, 4) is 0 Å². The Balaban J connectivity index is 1.43. The van der Waals surface area contributed by atoms with Gasteiger partial charge in [-0.25, -0.2) is 0 Å². The average Bonchev–Trinajstić information content (AvgIpc) is 2.68. The summed E-state index contributed by atoms with van der Waals surface area (Å²) in [6, 6.07) is 18.1. The number of carbonyl (C=O) groups is 1. The minimum Gasteiger partial charge on any atom is -0.352 e. The van der Waals surface area contributed by atoms with Crippen LogP contribution in [0.25, 0.3) is 0 Å². The third kappa shape index (κ3) is 5.10. The zero-order chi connectivity index (χ0) is 17.5. The molecular weight excluding hydrogens is 328 g/mol. The molecule has 1 aliphatic rings. The fourth-order valence-electron chi connectivity index (χ4n) is 3.35. The van der Waals surface area contributed by atoms with Gasteiger partial charge >= 0.3 is 0 Å². The number of thioether (sulfide) groups is 1. The van der Waals surface area contributed by atoms with E-state index in [1.165, 1.54) is 10.5 Å². The van der Waals surface area contributed by atoms with E-state index < -0.39 is 0 Å². The lowest BCUT2D eigenvalue weighted by Gasteiger charge is -2.32. The number of piperidine rings is 1. The highest BCUT2D eigenvalue weighted by molar-refractivity contribution is 7.98. The summed E-state index contributed by atoms with van der Waals surface area (Å²) in [7, 11) is 0. The van der Waals surface area contributed by atoms with Crippen molar-refractivity contribution in [2.24, 2.45) is 5.92 Å². The van der Waals surface area contributed by atoms with Crippen LogP contribution < -0.4 is 5.32 Å². The monoisotopic (exact) mass is 354 g/mol. The van der Waals surface area contributed by atoms with Crippen LogP contribution >= 0.6 is 11.8 Å². The summed E-state index contributed by atoms with van der Waals surface area (Å²) in [6.07, 6.45) is 4.44. The van der Waals surface area contributed by atoms with E-state index in [1.807, 2.05) is 42.1 Å². The van der Waals surface area contributed by atoms with Crippen LogP contribution in [0.4, 0.5) is 0 Å². The second kappa shape index (κ2) is 9.07. The van der Waals surface area contributed by atoms with Crippen LogP contribution in [0.5, 0.6) is 0 Å². The maximum Gasteiger partial charge on any atom is 0.251 e. The second-order valence-corrected chi connectivity index (χ2v) is 7.46. The Morgan fingerprint density at radius 2 is 1.76 bits per heavy atom. The summed E-state index contributed by atoms with van der Waals surface area (Å²) in [5, 5.41) is 3.09. The SMILES string of the molecule is CSc1ccccc1CN1CCC(CNC(=O)c2ccccc2)CC1. The molecule has 1 fully saturated rings. The molecule has 25 heavy (non-hydrogen) atoms. The van der Waals surface area contributed by atoms with E-state index in [0.717, 1.165) is 44.6 Å². The molecule has 4 heteroatoms. The summed E-state index contributed by atoms with van der Waals surface area (Å²) < 4.78 is 0. The lowest BCUT2D eigenvalue weighted by atomic mass is 9.96. The Bertz CT molecular complexity index is 681. The number of benzene rings is 2. The van der Waals surface area contributed by atoms with E-state index >= 15 is 0 Å². The van der Waals surface area contributed by atoms with Gasteiger partial charge in [0.2, 0.25) is 0 Å². The minimum atomic E-state index is 0.0388. The van der Waals surface area contributed by atoms with Crippen LogP contribution in [-0.4, -0.2) is 36.7 Å². The molecule has 1 N–H and O–H groups in total. The second-order valence-electron chi connectivity index (χ2n) is 6.61. The minimum absolute atomic E-state index is 0.0388. The van der Waals surface area contributed by atoms with Gasteiger partial charge in [-0.05, 0) is 61.9 Å². The number of likely N-dealkylation sites (tertiary alicyclic amines) is 1. The topological polar surface area (TPSA) is 32.3 Å². The molecule has 1 aliphatic heterocycles. The van der Waals surface area contributed by atoms with E-state index in [1.54, 1.807) is 0 Å². The summed E-state index contributed by atoms with van der Waals surface area (Å²) in [5.74, 6) is 0.622. The number of hydrogen-bond acceptors (Lipinski definition) is 3. The predicted octanol–water partition coefficient (Wildman–Crippen LogP) is 4.05. The van der Waals surface area contributed by atoms with Crippen molar-refractivity contribution >= 4 is 17.7 Å². The zero-order valence-electron chi connectivity index (χ0n) is 14.8. The molecule has 3 nitrogen and oxygen atoms in total. The van der Waals surface area contributed by atoms with Gasteiger partial charge in [0.05, 0.1) is 0 Å². The van der Waals surface area contributed by atoms with Gasteiger partial charge in [0.1, 0.15) is 0 Å². The molecule has 0 aliphatic carbocycles. The first-order valence-corrected chi connectivity index (χ1v) is 10.2. The van der Waals surface area contributed by atoms with Crippen molar-refractivity contribution in [3.05, 3.63) is 65.7 Å². The van der Waals surface area contributed by atoms with Gasteiger partial charge in [-0.1, -0.05) is 36.4 Å². The zero-order valence-corrected chi connectivity index (χ0v) is 15.6. The average molecular weight is 355 g/mol. The number of nitrogens with zero attached hydrogens (tertiary/aromatic N) is 1. The number of amides is 1. The van der Waals surface area contributed by atoms with Gasteiger partial charge in [-0.3, -0.25) is 9.69 Å². The number of carbonyl (C=O) groups excluding carboxylic acids is 1. The van der Waals surface area contributed by atoms with Crippen molar-refractivity contribution in [3.63, 3.8) is 0 Å². The third-order valence-electron chi connectivity index (χ3n) is 4.88. The molecule has 0 saturated carbocycles. The molecule has 0 radical (unpaired) electrons. The third-order valence-corrected chi connectivity index (χ3v) is 5.72. The summed E-state index contributed by atoms with van der Waals surface area (Å²) >= 11 is 1.82. The standard InChI is InChI=1S/C21H26N2OS/c1-25-20-10-6-5-9-19(20)16-23-13-11-17(12-14-23)15-22-21(24)18-7-3-2-4-8-18/h2-10,17H,11-16H2,1H3,(H,22,24). The Hall–Kier alpha value is -1.78. The highest BCUT2D eigenvalue weighted by atomic mass is 32.2. The molecular formula is C21H26N2OS. The maximum atomic E-state index is 12.1. The summed E-state index contributed by atoms with van der Waals surface area (Å²) in [6.45, 7) is 4.02. The largest absolute Gasteiger partial charge is 0.352 e. The Labute approximate surface area is 154 Å². The van der Waals surface area contributed by atoms with Crippen molar-refractivity contribution in [1.82, 2.24) is 10.2 Å². The molecule has 0 aromatic heterocycles. The van der Waals surface area contributed by atoms with Crippen molar-refractivity contribution in [2.45, 2.75) is 24.3 Å². The number of nitrogens with one attached hydrogen (secondary N) is 1. The van der Waals surface area contributed by atoms with Crippen molar-refractivity contribution in [1.29, 1.82) is 0 Å². The molecule has 0 bridgehead atoms. The van der Waals surface area contributed by atoms with Crippen LogP contribution in [-0.2, 0) is 6.54 Å². The number of hydrogen-bond donors (Lipinski definition) is 1. The first-order chi connectivity index (χ1) is 12.3. The summed E-state index contributed by atoms with van der Waals surface area (Å²) in [5.41, 5.74) is 2.17. The van der Waals surface area contributed by atoms with E-state index in [9.17, 15) is 4.79 Å². The van der Waals surface area contributed by atoms with Gasteiger partial charge < -0.3 is 5.32 Å². The first kappa shape index (κ1) is 18.0. The van der Waals surface area contributed by atoms with Crippen molar-refractivity contribution in [2.75, 3.05) is 25.9 Å². The van der Waals surface area contributed by atoms with E-state index in [4.69, 9.17) is 0 Å². The lowest BCUT2D eigenvalue weighted by molar-refractivity contribution is 0.0935. The van der Waals surface area contributed by atoms with E-state index in [2.05, 4.69) is 40.7 Å². The fourth-order valence-corrected chi connectivity index (χ4v) is 3.96. The first-order valence-electron chi connectivity index (χ1n) is 8.94. The van der Waals surface area contributed by atoms with Gasteiger partial charge in [0.25, 0.3) is 5.91 Å². The van der Waals surface area contributed by atoms with Crippen molar-refractivity contribution < 1.29 is 4.79 Å². The van der Waals surface area contributed by atoms with E-state index in [0.29, 0.717) is 5.92 Å². The van der Waals surface area contributed by atoms with Crippen LogP contribution in [0.2, 0.25) is 0 Å². The van der Waals surface area contributed by atoms with Crippen LogP contribution in [0.3, 0.4) is 0 Å². The van der Waals surface area contributed by atoms with Crippen LogP contribution in [0.15, 0.2) is 59.5 Å². The molecule has 3 rings (SSSR count). The van der Waals surface area contributed by atoms with Gasteiger partial charge in [-0.2, -0.15) is 0 Å². The molecule has 0 unspecified atom stereocenters. The number of rotatable bonds is 6. The Morgan fingerprint density at radius 3 is 2.48 bits per heavy atom. The predicted molar refractivity (Wildman–Crippen MR) is 105 cm³/mol. The molecule has 2 aromatic carbocycles. The van der Waals surface area contributed by atoms with Gasteiger partial charge in [0.15, 0.2) is 0 Å². The van der Waals surface area contributed by atoms with Gasteiger partial charge in [0, 0.05) is 23.5 Å². The fraction of sp³-hybridized carbons (Fsp3) is 0.381. The Kier molecular flexibility index (Phi) is 6.54. The molecule has 132 valence electrons. The van der Waals surface area contributed by atoms with Gasteiger partial charge in [-0.15, -0.1) is 11.8 Å². The normalized spacial score (nSPS) is 15.9. The van der Waals surface area contributed by atoms with Crippen LogP contribution in [0.1, 0.15) is 28.8 Å². The van der Waals surface area contributed by atoms with Crippen LogP contribution in [0, 0.1) is 5.92 Å². The molecule has 0 atom stereocenters. The maximum absolute atomic E-state index is 12.1.